The summed E-state index contributed by atoms with van der Waals surface area (Å²) < 4.78 is 0. The smallest absolute Gasteiger partial charge is 0.255 e. The zero-order valence-corrected chi connectivity index (χ0v) is 35.1. The second-order valence-corrected chi connectivity index (χ2v) is 17.4. The Morgan fingerprint density at radius 2 is 1.59 bits per heavy atom. The molecular weight excluding hydrogens is 750 g/mol. The van der Waals surface area contributed by atoms with E-state index in [0.717, 1.165) is 68.7 Å². The summed E-state index contributed by atoms with van der Waals surface area (Å²) in [5.41, 5.74) is 6.41. The summed E-state index contributed by atoms with van der Waals surface area (Å²) in [7, 11) is 0. The highest BCUT2D eigenvalue weighted by atomic mass is 35.5. The van der Waals surface area contributed by atoms with Crippen molar-refractivity contribution in [3.8, 4) is 0 Å². The summed E-state index contributed by atoms with van der Waals surface area (Å²) >= 11 is 6.23. The Balaban J connectivity index is 0.774. The van der Waals surface area contributed by atoms with Gasteiger partial charge in [0.25, 0.3) is 5.91 Å². The minimum Gasteiger partial charge on any atom is -0.353 e. The number of hydrogen-bond donors (Lipinski definition) is 2. The van der Waals surface area contributed by atoms with Crippen LogP contribution in [0.3, 0.4) is 0 Å². The van der Waals surface area contributed by atoms with Crippen LogP contribution in [0.4, 0.5) is 5.82 Å². The van der Waals surface area contributed by atoms with Crippen LogP contribution in [0.25, 0.3) is 0 Å². The molecule has 0 bridgehead atoms. The van der Waals surface area contributed by atoms with Crippen molar-refractivity contribution in [3.05, 3.63) is 87.3 Å². The first-order valence-corrected chi connectivity index (χ1v) is 22.2. The fraction of sp³-hybridized carbons (Fsp3) is 0.565. The number of nitrogens with one attached hydrogen (secondary N) is 2. The molecule has 58 heavy (non-hydrogen) atoms. The maximum atomic E-state index is 14.0. The van der Waals surface area contributed by atoms with Crippen molar-refractivity contribution < 1.29 is 19.2 Å². The van der Waals surface area contributed by atoms with E-state index in [1.54, 1.807) is 11.2 Å². The van der Waals surface area contributed by atoms with Crippen molar-refractivity contribution >= 4 is 41.0 Å². The van der Waals surface area contributed by atoms with Crippen molar-refractivity contribution in [2.45, 2.75) is 128 Å². The number of benzene rings is 2. The van der Waals surface area contributed by atoms with Gasteiger partial charge in [0.1, 0.15) is 18.2 Å². The van der Waals surface area contributed by atoms with Crippen molar-refractivity contribution in [2.24, 2.45) is 0 Å². The molecule has 1 unspecified atom stereocenters. The van der Waals surface area contributed by atoms with Gasteiger partial charge in [0.05, 0.1) is 11.6 Å². The number of aryl methyl sites for hydroxylation is 1. The molecule has 2 saturated heterocycles. The first-order valence-electron chi connectivity index (χ1n) is 21.8. The lowest BCUT2D eigenvalue weighted by atomic mass is 9.96. The zero-order chi connectivity index (χ0) is 40.6. The number of amides is 4. The molecule has 4 amide bonds. The predicted molar refractivity (Wildman–Crippen MR) is 227 cm³/mol. The van der Waals surface area contributed by atoms with Crippen molar-refractivity contribution in [2.75, 3.05) is 44.2 Å². The molecule has 4 atom stereocenters. The van der Waals surface area contributed by atoms with Crippen LogP contribution in [0.1, 0.15) is 147 Å². The molecule has 2 N–H and O–H groups in total. The van der Waals surface area contributed by atoms with Crippen LogP contribution in [0.15, 0.2) is 48.8 Å². The van der Waals surface area contributed by atoms with E-state index in [9.17, 15) is 19.2 Å². The average molecular weight is 810 g/mol. The third-order valence-electron chi connectivity index (χ3n) is 12.8. The Bertz CT molecular complexity index is 1930. The standard InChI is InChI=1S/C46H60ClN7O4/c1-31-27-32(2)42-41(31)43(50-30-49-42)52-23-25-53(26-24-52)45(57)37(34-16-18-35(47)19-17-34)28-48-22-11-9-7-5-3-4-6-8-10-13-33-14-12-15-36-38(33)29-54(46(36)58)39-20-21-40(55)51-44(39)56/h12,14-19,30-32,37,39,48H,3-11,13,20-29H2,1-2H3,(H,51,55,56)/t31-,32-,37-,39?/m1/s1. The molecule has 3 aliphatic heterocycles. The highest BCUT2D eigenvalue weighted by molar-refractivity contribution is 6.30. The molecule has 4 aliphatic rings. The van der Waals surface area contributed by atoms with Gasteiger partial charge < -0.3 is 20.0 Å². The van der Waals surface area contributed by atoms with Gasteiger partial charge in [0.2, 0.25) is 17.7 Å². The summed E-state index contributed by atoms with van der Waals surface area (Å²) in [5, 5.41) is 6.67. The van der Waals surface area contributed by atoms with E-state index in [-0.39, 0.29) is 36.0 Å². The fourth-order valence-corrected chi connectivity index (χ4v) is 9.74. The number of hydrogen-bond acceptors (Lipinski definition) is 8. The van der Waals surface area contributed by atoms with Crippen LogP contribution in [0.2, 0.25) is 5.02 Å². The molecule has 7 rings (SSSR count). The number of piperidine rings is 1. The number of halogens is 1. The number of unbranched alkanes of at least 4 members (excludes halogenated alkanes) is 8. The average Bonchev–Trinajstić information content (AvgIpc) is 3.72. The van der Waals surface area contributed by atoms with Crippen LogP contribution in [0.5, 0.6) is 0 Å². The van der Waals surface area contributed by atoms with Gasteiger partial charge in [0.15, 0.2) is 0 Å². The van der Waals surface area contributed by atoms with Gasteiger partial charge in [-0.25, -0.2) is 9.97 Å². The first-order chi connectivity index (χ1) is 28.2. The van der Waals surface area contributed by atoms with E-state index in [4.69, 9.17) is 16.6 Å². The van der Waals surface area contributed by atoms with Crippen LogP contribution in [0, 0.1) is 0 Å². The van der Waals surface area contributed by atoms with Gasteiger partial charge in [-0.2, -0.15) is 0 Å². The molecule has 0 radical (unpaired) electrons. The summed E-state index contributed by atoms with van der Waals surface area (Å²) in [6, 6.07) is 13.1. The Morgan fingerprint density at radius 1 is 0.879 bits per heavy atom. The summed E-state index contributed by atoms with van der Waals surface area (Å²) in [6.07, 6.45) is 15.0. The maximum absolute atomic E-state index is 14.0. The van der Waals surface area contributed by atoms with Crippen LogP contribution >= 0.6 is 11.6 Å². The molecular formula is C46H60ClN7O4. The number of fused-ring (bicyclic) bond motifs is 2. The van der Waals surface area contributed by atoms with E-state index in [0.29, 0.717) is 55.0 Å². The van der Waals surface area contributed by atoms with Gasteiger partial charge in [-0.3, -0.25) is 24.5 Å². The van der Waals surface area contributed by atoms with E-state index in [1.165, 1.54) is 55.3 Å². The van der Waals surface area contributed by atoms with Crippen molar-refractivity contribution in [1.82, 2.24) is 30.4 Å². The molecule has 1 aliphatic carbocycles. The number of rotatable bonds is 18. The van der Waals surface area contributed by atoms with Gasteiger partial charge >= 0.3 is 0 Å². The van der Waals surface area contributed by atoms with Crippen molar-refractivity contribution in [1.29, 1.82) is 0 Å². The summed E-state index contributed by atoms with van der Waals surface area (Å²) in [6.45, 7) is 9.35. The van der Waals surface area contributed by atoms with Crippen LogP contribution in [-0.2, 0) is 27.3 Å². The van der Waals surface area contributed by atoms with Crippen LogP contribution in [-0.4, -0.2) is 88.7 Å². The van der Waals surface area contributed by atoms with E-state index < -0.39 is 6.04 Å². The second kappa shape index (κ2) is 19.6. The number of imide groups is 1. The molecule has 0 spiro atoms. The topological polar surface area (TPSA) is 128 Å². The van der Waals surface area contributed by atoms with E-state index in [1.807, 2.05) is 41.3 Å². The lowest BCUT2D eigenvalue weighted by molar-refractivity contribution is -0.137. The molecule has 2 aromatic carbocycles. The molecule has 2 fully saturated rings. The van der Waals surface area contributed by atoms with Gasteiger partial charge in [-0.05, 0) is 85.4 Å². The summed E-state index contributed by atoms with van der Waals surface area (Å²) in [4.78, 5) is 66.6. The highest BCUT2D eigenvalue weighted by Crippen LogP contribution is 2.44. The lowest BCUT2D eigenvalue weighted by Gasteiger charge is -2.38. The Hall–Kier alpha value is -4.35. The first kappa shape index (κ1) is 41.8. The highest BCUT2D eigenvalue weighted by Gasteiger charge is 2.40. The van der Waals surface area contributed by atoms with E-state index >= 15 is 0 Å². The van der Waals surface area contributed by atoms with Gasteiger partial charge in [0, 0.05) is 61.8 Å². The number of carbonyl (C=O) groups excluding carboxylic acids is 4. The molecule has 1 aromatic heterocycles. The quantitative estimate of drug-likeness (QED) is 0.102. The number of piperazine rings is 1. The third kappa shape index (κ3) is 9.74. The molecule has 310 valence electrons. The van der Waals surface area contributed by atoms with Crippen molar-refractivity contribution in [3.63, 3.8) is 0 Å². The number of carbonyl (C=O) groups is 4. The zero-order valence-electron chi connectivity index (χ0n) is 34.3. The maximum Gasteiger partial charge on any atom is 0.255 e. The third-order valence-corrected chi connectivity index (χ3v) is 13.1. The molecule has 0 saturated carbocycles. The Kier molecular flexibility index (Phi) is 14.1. The molecule has 4 heterocycles. The van der Waals surface area contributed by atoms with Gasteiger partial charge in [-0.1, -0.05) is 94.7 Å². The Morgan fingerprint density at radius 3 is 2.31 bits per heavy atom. The monoisotopic (exact) mass is 809 g/mol. The summed E-state index contributed by atoms with van der Waals surface area (Å²) in [5.74, 6) is 1.13. The largest absolute Gasteiger partial charge is 0.353 e. The SMILES string of the molecule is C[C@@H]1C[C@@H](C)c2c1ncnc2N1CCN(C(=O)[C@H](CNCCCCCCCCCCCc2cccc3c2CN(C2CCC(=O)NC2=O)C3=O)c2ccc(Cl)cc2)CC1. The minimum absolute atomic E-state index is 0.105. The normalized spacial score (nSPS) is 21.0. The molecule has 3 aromatic rings. The van der Waals surface area contributed by atoms with Gasteiger partial charge in [-0.15, -0.1) is 0 Å². The number of nitrogens with zero attached hydrogens (tertiary/aromatic N) is 5. The second-order valence-electron chi connectivity index (χ2n) is 16.9. The minimum atomic E-state index is -0.575. The fourth-order valence-electron chi connectivity index (χ4n) is 9.61. The lowest BCUT2D eigenvalue weighted by Crippen LogP contribution is -2.52. The van der Waals surface area contributed by atoms with E-state index in [2.05, 4.69) is 40.4 Å². The molecule has 12 heteroatoms. The predicted octanol–water partition coefficient (Wildman–Crippen LogP) is 7.28. The number of anilines is 1. The van der Waals surface area contributed by atoms with Crippen LogP contribution < -0.4 is 15.5 Å². The molecule has 11 nitrogen and oxygen atoms in total. The number of aromatic nitrogens is 2. The Labute approximate surface area is 348 Å².